The van der Waals surface area contributed by atoms with Gasteiger partial charge in [0.1, 0.15) is 11.4 Å². The van der Waals surface area contributed by atoms with Crippen molar-refractivity contribution in [3.63, 3.8) is 0 Å². The van der Waals surface area contributed by atoms with E-state index in [1.165, 1.54) is 0 Å². The molecule has 0 aliphatic heterocycles. The van der Waals surface area contributed by atoms with Crippen LogP contribution in [0.4, 0.5) is 39.5 Å². The second kappa shape index (κ2) is 7.49. The molecule has 3 heterocycles. The van der Waals surface area contributed by atoms with E-state index in [1.54, 1.807) is 0 Å². The molecule has 0 N–H and O–H groups in total. The van der Waals surface area contributed by atoms with Crippen LogP contribution in [0.3, 0.4) is 0 Å². The zero-order valence-electron chi connectivity index (χ0n) is 15.0. The highest BCUT2D eigenvalue weighted by molar-refractivity contribution is 6.11. The summed E-state index contributed by atoms with van der Waals surface area (Å²) in [5, 5.41) is 15.5. The molecule has 0 atom stereocenters. The summed E-state index contributed by atoms with van der Waals surface area (Å²) in [4.78, 5) is 18.5. The Labute approximate surface area is 170 Å². The minimum Gasteiger partial charge on any atom is -0.858 e. The fraction of sp³-hybridized carbons (Fsp3) is 0.176. The molecule has 0 aliphatic carbocycles. The van der Waals surface area contributed by atoms with E-state index in [1.807, 2.05) is 0 Å². The van der Waals surface area contributed by atoms with Crippen molar-refractivity contribution in [1.29, 1.82) is 0 Å². The highest BCUT2D eigenvalue weighted by Crippen LogP contribution is 2.38. The van der Waals surface area contributed by atoms with E-state index < -0.39 is 64.1 Å². The van der Waals surface area contributed by atoms with Gasteiger partial charge in [-0.3, -0.25) is 14.8 Å². The van der Waals surface area contributed by atoms with E-state index in [0.29, 0.717) is 18.5 Å². The Balaban J connectivity index is 2.20. The van der Waals surface area contributed by atoms with Gasteiger partial charge in [-0.05, 0) is 24.3 Å². The van der Waals surface area contributed by atoms with E-state index >= 15 is 0 Å². The maximum atomic E-state index is 13.4. The van der Waals surface area contributed by atoms with Crippen molar-refractivity contribution < 1.29 is 49.4 Å². The minimum atomic E-state index is -5.44. The lowest BCUT2D eigenvalue weighted by Gasteiger charge is -2.14. The normalized spacial score (nSPS) is 12.8. The number of aromatic nitrogens is 4. The lowest BCUT2D eigenvalue weighted by Crippen LogP contribution is -2.16. The number of ketones is 1. The first-order chi connectivity index (χ1) is 14.6. The maximum Gasteiger partial charge on any atom is 0.435 e. The molecular weight excluding hydrogens is 463 g/mol. The van der Waals surface area contributed by atoms with Gasteiger partial charge >= 0.3 is 18.5 Å². The molecule has 0 aliphatic rings. The van der Waals surface area contributed by atoms with Gasteiger partial charge in [-0.2, -0.15) is 44.6 Å². The molecule has 0 saturated carbocycles. The van der Waals surface area contributed by atoms with Crippen molar-refractivity contribution >= 4 is 5.78 Å². The summed E-state index contributed by atoms with van der Waals surface area (Å²) < 4.78 is 117. The third kappa shape index (κ3) is 4.36. The van der Waals surface area contributed by atoms with Gasteiger partial charge in [-0.1, -0.05) is 0 Å². The first-order valence-corrected chi connectivity index (χ1v) is 8.09. The van der Waals surface area contributed by atoms with E-state index in [4.69, 9.17) is 0 Å². The van der Waals surface area contributed by atoms with Gasteiger partial charge in [0.05, 0.1) is 11.3 Å². The number of hydrogen-bond acceptors (Lipinski definition) is 5. The van der Waals surface area contributed by atoms with Crippen LogP contribution in [0, 0.1) is 0 Å². The van der Waals surface area contributed by atoms with E-state index in [9.17, 15) is 49.4 Å². The number of pyridine rings is 2. The van der Waals surface area contributed by atoms with Crippen LogP contribution in [-0.4, -0.2) is 25.5 Å². The van der Waals surface area contributed by atoms with Crippen molar-refractivity contribution in [2.45, 2.75) is 18.5 Å². The SMILES string of the molecule is O=C(c1ccnc(C(F)(F)F)c1)c1c(C(F)(F)F)nn(-c2ccnc(C(F)(F)F)c2)c1[O-]. The molecule has 6 nitrogen and oxygen atoms in total. The molecule has 0 fully saturated rings. The number of hydrogen-bond donors (Lipinski definition) is 0. The number of carbonyl (C=O) groups excluding carboxylic acids is 1. The standard InChI is InChI=1S/C17H7F9N4O2/c18-15(19,20)9-5-7(1-3-27-9)12(31)11-13(17(24,25)26)29-30(14(11)32)8-2-4-28-10(6-8)16(21,22)23/h1-6,32H/p-1. The van der Waals surface area contributed by atoms with Crippen molar-refractivity contribution in [2.24, 2.45) is 0 Å². The summed E-state index contributed by atoms with van der Waals surface area (Å²) in [6.45, 7) is 0. The van der Waals surface area contributed by atoms with Crippen LogP contribution in [0.25, 0.3) is 5.69 Å². The van der Waals surface area contributed by atoms with Crippen LogP contribution < -0.4 is 5.11 Å². The molecule has 3 aromatic heterocycles. The van der Waals surface area contributed by atoms with Gasteiger partial charge in [0.2, 0.25) is 0 Å². The second-order valence-corrected chi connectivity index (χ2v) is 6.09. The topological polar surface area (TPSA) is 83.7 Å². The summed E-state index contributed by atoms with van der Waals surface area (Å²) >= 11 is 0. The third-order valence-electron chi connectivity index (χ3n) is 3.93. The first-order valence-electron chi connectivity index (χ1n) is 8.09. The molecule has 0 amide bonds. The second-order valence-electron chi connectivity index (χ2n) is 6.09. The molecule has 3 aromatic rings. The largest absolute Gasteiger partial charge is 0.858 e. The Morgan fingerprint density at radius 1 is 0.812 bits per heavy atom. The van der Waals surface area contributed by atoms with Gasteiger partial charge in [-0.15, -0.1) is 0 Å². The Morgan fingerprint density at radius 3 is 1.88 bits per heavy atom. The quantitative estimate of drug-likeness (QED) is 0.428. The molecule has 0 radical (unpaired) electrons. The average Bonchev–Trinajstić information content (AvgIpc) is 3.04. The van der Waals surface area contributed by atoms with Crippen LogP contribution in [0.15, 0.2) is 36.7 Å². The molecule has 32 heavy (non-hydrogen) atoms. The fourth-order valence-electron chi connectivity index (χ4n) is 2.56. The molecule has 0 saturated heterocycles. The van der Waals surface area contributed by atoms with Gasteiger partial charge in [0.15, 0.2) is 11.5 Å². The van der Waals surface area contributed by atoms with Crippen LogP contribution in [-0.2, 0) is 18.5 Å². The summed E-state index contributed by atoms with van der Waals surface area (Å²) in [6.07, 6.45) is -14.4. The van der Waals surface area contributed by atoms with E-state index in [0.717, 1.165) is 6.07 Å². The lowest BCUT2D eigenvalue weighted by atomic mass is 10.0. The summed E-state index contributed by atoms with van der Waals surface area (Å²) in [7, 11) is 0. The number of halogens is 9. The van der Waals surface area contributed by atoms with Crippen LogP contribution >= 0.6 is 0 Å². The summed E-state index contributed by atoms with van der Waals surface area (Å²) in [5.74, 6) is -3.56. The Kier molecular flexibility index (Phi) is 5.39. The molecule has 170 valence electrons. The number of nitrogens with zero attached hydrogens (tertiary/aromatic N) is 4. The van der Waals surface area contributed by atoms with Crippen molar-refractivity contribution in [3.8, 4) is 11.6 Å². The highest BCUT2D eigenvalue weighted by Gasteiger charge is 2.41. The highest BCUT2D eigenvalue weighted by atomic mass is 19.4. The van der Waals surface area contributed by atoms with E-state index in [2.05, 4.69) is 15.1 Å². The van der Waals surface area contributed by atoms with Gasteiger partial charge in [0, 0.05) is 23.8 Å². The van der Waals surface area contributed by atoms with Crippen LogP contribution in [0.1, 0.15) is 33.0 Å². The Morgan fingerprint density at radius 2 is 1.34 bits per heavy atom. The van der Waals surface area contributed by atoms with Crippen molar-refractivity contribution in [1.82, 2.24) is 19.7 Å². The van der Waals surface area contributed by atoms with Gasteiger partial charge < -0.3 is 5.11 Å². The Bertz CT molecular complexity index is 1180. The summed E-state index contributed by atoms with van der Waals surface area (Å²) in [5.41, 5.74) is -8.67. The van der Waals surface area contributed by atoms with Crippen molar-refractivity contribution in [2.75, 3.05) is 0 Å². The molecule has 0 aromatic carbocycles. The number of rotatable bonds is 3. The maximum absolute atomic E-state index is 13.4. The molecule has 0 unspecified atom stereocenters. The summed E-state index contributed by atoms with van der Waals surface area (Å²) in [6, 6.07) is 1.72. The first kappa shape index (κ1) is 23.0. The Hall–Kier alpha value is -3.65. The van der Waals surface area contributed by atoms with Crippen molar-refractivity contribution in [3.05, 3.63) is 64.9 Å². The monoisotopic (exact) mass is 469 g/mol. The van der Waals surface area contributed by atoms with E-state index in [-0.39, 0.29) is 16.8 Å². The average molecular weight is 469 g/mol. The predicted octanol–water partition coefficient (Wildman–Crippen LogP) is 4.02. The molecule has 0 bridgehead atoms. The van der Waals surface area contributed by atoms with Crippen LogP contribution in [0.5, 0.6) is 5.88 Å². The molecule has 15 heteroatoms. The predicted molar refractivity (Wildman–Crippen MR) is 83.5 cm³/mol. The fourth-order valence-corrected chi connectivity index (χ4v) is 2.56. The number of carbonyl (C=O) groups is 1. The smallest absolute Gasteiger partial charge is 0.435 e. The lowest BCUT2D eigenvalue weighted by molar-refractivity contribution is -0.278. The third-order valence-corrected chi connectivity index (χ3v) is 3.93. The van der Waals surface area contributed by atoms with Gasteiger partial charge in [0.25, 0.3) is 0 Å². The van der Waals surface area contributed by atoms with Crippen LogP contribution in [0.2, 0.25) is 0 Å². The zero-order valence-corrected chi connectivity index (χ0v) is 15.0. The zero-order chi connectivity index (χ0) is 24.1. The van der Waals surface area contributed by atoms with Gasteiger partial charge in [-0.25, -0.2) is 4.68 Å². The molecule has 0 spiro atoms. The number of alkyl halides is 9. The molecule has 3 rings (SSSR count). The minimum absolute atomic E-state index is 0.112. The molecular formula is C17H6F9N4O2-.